The fourth-order valence-electron chi connectivity index (χ4n) is 3.06. The van der Waals surface area contributed by atoms with E-state index < -0.39 is 35.6 Å². The number of carboxylic acid groups (broad SMARTS) is 1. The molecule has 0 aliphatic carbocycles. The van der Waals surface area contributed by atoms with E-state index in [9.17, 15) is 27.6 Å². The number of aliphatic carboxylic acids is 1. The van der Waals surface area contributed by atoms with Crippen molar-refractivity contribution in [2.24, 2.45) is 0 Å². The van der Waals surface area contributed by atoms with Crippen molar-refractivity contribution in [3.05, 3.63) is 87.3 Å². The Morgan fingerprint density at radius 3 is 2.42 bits per heavy atom. The molecule has 0 saturated heterocycles. The molecule has 0 saturated carbocycles. The number of rotatable bonds is 5. The topological polar surface area (TPSA) is 112 Å². The first-order valence-electron chi connectivity index (χ1n) is 9.33. The standard InChI is InChI=1S/C22H13F3N2O6/c23-22(24,25)14-2-1-3-16(9-14)32-15-6-4-12(5-7-15)13-8-17-19(26-10-13)20(30)27(11-18(28)29)21(31)33-17/h1-10H,11H2,(H,28,29). The number of carbonyl (C=O) groups is 1. The third-order valence-electron chi connectivity index (χ3n) is 4.60. The highest BCUT2D eigenvalue weighted by Crippen LogP contribution is 2.33. The molecule has 4 rings (SSSR count). The largest absolute Gasteiger partial charge is 0.480 e. The molecule has 168 valence electrons. The summed E-state index contributed by atoms with van der Waals surface area (Å²) in [6, 6.07) is 12.1. The van der Waals surface area contributed by atoms with Gasteiger partial charge in [0.05, 0.1) is 5.56 Å². The summed E-state index contributed by atoms with van der Waals surface area (Å²) in [6.45, 7) is -0.853. The Balaban J connectivity index is 1.61. The third-order valence-corrected chi connectivity index (χ3v) is 4.60. The number of nitrogens with zero attached hydrogens (tertiary/aromatic N) is 2. The Labute approximate surface area is 182 Å². The van der Waals surface area contributed by atoms with E-state index in [0.29, 0.717) is 15.7 Å². The van der Waals surface area contributed by atoms with E-state index in [0.717, 1.165) is 12.1 Å². The van der Waals surface area contributed by atoms with Crippen molar-refractivity contribution in [2.75, 3.05) is 0 Å². The number of hydrogen-bond acceptors (Lipinski definition) is 6. The average Bonchev–Trinajstić information content (AvgIpc) is 2.76. The first kappa shape index (κ1) is 21.8. The molecular weight excluding hydrogens is 445 g/mol. The van der Waals surface area contributed by atoms with Crippen LogP contribution in [-0.4, -0.2) is 20.6 Å². The molecule has 0 radical (unpaired) electrons. The maximum absolute atomic E-state index is 12.9. The zero-order valence-corrected chi connectivity index (χ0v) is 16.5. The van der Waals surface area contributed by atoms with Gasteiger partial charge < -0.3 is 14.3 Å². The molecule has 2 aromatic carbocycles. The second-order valence-electron chi connectivity index (χ2n) is 6.88. The van der Waals surface area contributed by atoms with Crippen LogP contribution in [0.25, 0.3) is 22.2 Å². The number of carboxylic acids is 1. The van der Waals surface area contributed by atoms with Gasteiger partial charge >= 0.3 is 17.9 Å². The molecule has 0 amide bonds. The minimum atomic E-state index is -4.49. The summed E-state index contributed by atoms with van der Waals surface area (Å²) < 4.78 is 49.5. The number of pyridine rings is 1. The highest BCUT2D eigenvalue weighted by Gasteiger charge is 2.30. The van der Waals surface area contributed by atoms with Crippen LogP contribution in [0.3, 0.4) is 0 Å². The predicted octanol–water partition coefficient (Wildman–Crippen LogP) is 3.91. The van der Waals surface area contributed by atoms with E-state index in [1.807, 2.05) is 0 Å². The number of hydrogen-bond donors (Lipinski definition) is 1. The van der Waals surface area contributed by atoms with Gasteiger partial charge in [-0.15, -0.1) is 0 Å². The molecule has 2 heterocycles. The zero-order chi connectivity index (χ0) is 23.8. The Kier molecular flexibility index (Phi) is 5.46. The van der Waals surface area contributed by atoms with Gasteiger partial charge in [-0.3, -0.25) is 9.59 Å². The lowest BCUT2D eigenvalue weighted by atomic mass is 10.1. The van der Waals surface area contributed by atoms with Crippen LogP contribution in [0.4, 0.5) is 13.2 Å². The monoisotopic (exact) mass is 458 g/mol. The normalized spacial score (nSPS) is 11.5. The van der Waals surface area contributed by atoms with E-state index >= 15 is 0 Å². The summed E-state index contributed by atoms with van der Waals surface area (Å²) in [7, 11) is 0. The molecule has 1 N–H and O–H groups in total. The summed E-state index contributed by atoms with van der Waals surface area (Å²) in [4.78, 5) is 39.1. The van der Waals surface area contributed by atoms with Crippen molar-refractivity contribution in [1.82, 2.24) is 9.55 Å². The molecule has 0 spiro atoms. The molecule has 0 bridgehead atoms. The molecule has 0 aliphatic heterocycles. The first-order chi connectivity index (χ1) is 15.6. The summed E-state index contributed by atoms with van der Waals surface area (Å²) in [6.07, 6.45) is -3.14. The van der Waals surface area contributed by atoms with Crippen LogP contribution in [0, 0.1) is 0 Å². The van der Waals surface area contributed by atoms with E-state index in [1.165, 1.54) is 36.5 Å². The number of fused-ring (bicyclic) bond motifs is 1. The van der Waals surface area contributed by atoms with E-state index in [2.05, 4.69) is 4.98 Å². The average molecular weight is 458 g/mol. The van der Waals surface area contributed by atoms with Crippen LogP contribution in [-0.2, 0) is 17.5 Å². The molecule has 11 heteroatoms. The minimum absolute atomic E-state index is 0.0179. The van der Waals surface area contributed by atoms with Gasteiger partial charge in [0.15, 0.2) is 11.1 Å². The lowest BCUT2D eigenvalue weighted by Gasteiger charge is -2.10. The Hall–Kier alpha value is -4.41. The molecule has 33 heavy (non-hydrogen) atoms. The second kappa shape index (κ2) is 8.26. The third kappa shape index (κ3) is 4.61. The minimum Gasteiger partial charge on any atom is -0.480 e. The fourth-order valence-corrected chi connectivity index (χ4v) is 3.06. The Bertz CT molecular complexity index is 1470. The summed E-state index contributed by atoms with van der Waals surface area (Å²) in [5.74, 6) is -2.20. The van der Waals surface area contributed by atoms with Gasteiger partial charge in [-0.05, 0) is 42.0 Å². The molecule has 2 aromatic heterocycles. The maximum Gasteiger partial charge on any atom is 0.422 e. The molecule has 8 nitrogen and oxygen atoms in total. The molecule has 0 atom stereocenters. The van der Waals surface area contributed by atoms with Crippen molar-refractivity contribution in [2.45, 2.75) is 12.7 Å². The van der Waals surface area contributed by atoms with Gasteiger partial charge in [-0.25, -0.2) is 14.3 Å². The quantitative estimate of drug-likeness (QED) is 0.483. The molecular formula is C22H13F3N2O6. The number of benzene rings is 2. The van der Waals surface area contributed by atoms with Crippen molar-refractivity contribution >= 4 is 17.1 Å². The first-order valence-corrected chi connectivity index (χ1v) is 9.33. The van der Waals surface area contributed by atoms with E-state index in [1.54, 1.807) is 12.1 Å². The zero-order valence-electron chi connectivity index (χ0n) is 16.5. The Morgan fingerprint density at radius 2 is 1.76 bits per heavy atom. The molecule has 0 unspecified atom stereocenters. The van der Waals surface area contributed by atoms with E-state index in [-0.39, 0.29) is 22.6 Å². The SMILES string of the molecule is O=C(O)Cn1c(=O)oc2cc(-c3ccc(Oc4cccc(C(F)(F)F)c4)cc3)cnc2c1=O. The van der Waals surface area contributed by atoms with Crippen LogP contribution in [0.2, 0.25) is 0 Å². The van der Waals surface area contributed by atoms with Crippen LogP contribution in [0.1, 0.15) is 5.56 Å². The van der Waals surface area contributed by atoms with E-state index in [4.69, 9.17) is 14.3 Å². The lowest BCUT2D eigenvalue weighted by molar-refractivity contribution is -0.138. The summed E-state index contributed by atoms with van der Waals surface area (Å²) >= 11 is 0. The van der Waals surface area contributed by atoms with Gasteiger partial charge in [0, 0.05) is 11.8 Å². The smallest absolute Gasteiger partial charge is 0.422 e. The molecule has 4 aromatic rings. The van der Waals surface area contributed by atoms with Crippen molar-refractivity contribution in [3.8, 4) is 22.6 Å². The number of halogens is 3. The second-order valence-corrected chi connectivity index (χ2v) is 6.88. The van der Waals surface area contributed by atoms with Crippen molar-refractivity contribution in [3.63, 3.8) is 0 Å². The van der Waals surface area contributed by atoms with Crippen LogP contribution in [0.15, 0.2) is 74.8 Å². The lowest BCUT2D eigenvalue weighted by Crippen LogP contribution is -2.35. The van der Waals surface area contributed by atoms with Gasteiger partial charge in [-0.2, -0.15) is 13.2 Å². The summed E-state index contributed by atoms with van der Waals surface area (Å²) in [5.41, 5.74) is -0.967. The number of aromatic nitrogens is 2. The predicted molar refractivity (Wildman–Crippen MR) is 109 cm³/mol. The van der Waals surface area contributed by atoms with Gasteiger partial charge in [-0.1, -0.05) is 18.2 Å². The summed E-state index contributed by atoms with van der Waals surface area (Å²) in [5, 5.41) is 8.82. The highest BCUT2D eigenvalue weighted by atomic mass is 19.4. The molecule has 0 fully saturated rings. The number of alkyl halides is 3. The van der Waals surface area contributed by atoms with Crippen molar-refractivity contribution < 1.29 is 32.2 Å². The van der Waals surface area contributed by atoms with Gasteiger partial charge in [0.1, 0.15) is 18.0 Å². The van der Waals surface area contributed by atoms with Gasteiger partial charge in [0.25, 0.3) is 5.56 Å². The van der Waals surface area contributed by atoms with Gasteiger partial charge in [0.2, 0.25) is 0 Å². The Morgan fingerprint density at radius 1 is 1.03 bits per heavy atom. The highest BCUT2D eigenvalue weighted by molar-refractivity contribution is 5.78. The number of ether oxygens (including phenoxy) is 1. The fraction of sp³-hybridized carbons (Fsp3) is 0.0909. The van der Waals surface area contributed by atoms with Crippen LogP contribution in [0.5, 0.6) is 11.5 Å². The van der Waals surface area contributed by atoms with Crippen LogP contribution >= 0.6 is 0 Å². The molecule has 0 aliphatic rings. The van der Waals surface area contributed by atoms with Crippen molar-refractivity contribution in [1.29, 1.82) is 0 Å². The maximum atomic E-state index is 12.9. The van der Waals surface area contributed by atoms with Crippen LogP contribution < -0.4 is 16.1 Å².